The Labute approximate surface area is 62.2 Å². The summed E-state index contributed by atoms with van der Waals surface area (Å²) in [7, 11) is 0. The van der Waals surface area contributed by atoms with Crippen molar-refractivity contribution in [2.75, 3.05) is 6.61 Å². The van der Waals surface area contributed by atoms with Gasteiger partial charge in [0.1, 0.15) is 0 Å². The predicted octanol–water partition coefficient (Wildman–Crippen LogP) is 1.53. The zero-order chi connectivity index (χ0) is 7.40. The molecule has 0 aromatic rings. The minimum absolute atomic E-state index is 0.583. The number of aliphatic hydroxyl groups excluding tert-OH is 1. The number of aliphatic hydroxyl groups is 1. The molecule has 1 unspecified atom stereocenters. The van der Waals surface area contributed by atoms with Gasteiger partial charge in [-0.3, -0.25) is 0 Å². The van der Waals surface area contributed by atoms with Crippen LogP contribution in [0, 0.1) is 5.92 Å². The van der Waals surface area contributed by atoms with Crippen molar-refractivity contribution in [2.24, 2.45) is 5.92 Å². The third kappa shape index (κ3) is 2.67. The number of rotatable bonds is 3. The standard InChI is InChI=1S/C8H16O2/c1-7(9)10-6-8-4-2-3-5-8/h7-9H,2-6H2,1H3. The maximum absolute atomic E-state index is 8.79. The first-order valence-electron chi connectivity index (χ1n) is 4.08. The summed E-state index contributed by atoms with van der Waals surface area (Å²) in [4.78, 5) is 0. The van der Waals surface area contributed by atoms with Crippen LogP contribution >= 0.6 is 0 Å². The average Bonchev–Trinajstić information content (AvgIpc) is 2.34. The monoisotopic (exact) mass is 144 g/mol. The molecule has 0 spiro atoms. The van der Waals surface area contributed by atoms with E-state index in [0.717, 1.165) is 12.5 Å². The van der Waals surface area contributed by atoms with E-state index < -0.39 is 6.29 Å². The Hall–Kier alpha value is -0.0800. The summed E-state index contributed by atoms with van der Waals surface area (Å²) in [6, 6.07) is 0. The van der Waals surface area contributed by atoms with Crippen LogP contribution in [0.2, 0.25) is 0 Å². The van der Waals surface area contributed by atoms with Gasteiger partial charge in [0, 0.05) is 0 Å². The van der Waals surface area contributed by atoms with E-state index in [1.54, 1.807) is 6.92 Å². The number of ether oxygens (including phenoxy) is 1. The van der Waals surface area contributed by atoms with E-state index >= 15 is 0 Å². The van der Waals surface area contributed by atoms with Crippen molar-refractivity contribution in [2.45, 2.75) is 38.9 Å². The van der Waals surface area contributed by atoms with E-state index in [2.05, 4.69) is 0 Å². The summed E-state index contributed by atoms with van der Waals surface area (Å²) in [5.41, 5.74) is 0. The van der Waals surface area contributed by atoms with Crippen molar-refractivity contribution in [3.05, 3.63) is 0 Å². The second kappa shape index (κ2) is 3.94. The van der Waals surface area contributed by atoms with Gasteiger partial charge in [0.15, 0.2) is 6.29 Å². The van der Waals surface area contributed by atoms with Gasteiger partial charge in [-0.05, 0) is 25.7 Å². The molecule has 0 saturated heterocycles. The average molecular weight is 144 g/mol. The van der Waals surface area contributed by atoms with Gasteiger partial charge >= 0.3 is 0 Å². The molecule has 0 amide bonds. The van der Waals surface area contributed by atoms with Crippen molar-refractivity contribution in [1.82, 2.24) is 0 Å². The Morgan fingerprint density at radius 1 is 1.50 bits per heavy atom. The Morgan fingerprint density at radius 2 is 2.10 bits per heavy atom. The van der Waals surface area contributed by atoms with Crippen molar-refractivity contribution < 1.29 is 9.84 Å². The fraction of sp³-hybridized carbons (Fsp3) is 1.00. The van der Waals surface area contributed by atoms with Crippen LogP contribution in [0.1, 0.15) is 32.6 Å². The highest BCUT2D eigenvalue weighted by molar-refractivity contribution is 4.66. The second-order valence-corrected chi connectivity index (χ2v) is 3.08. The fourth-order valence-electron chi connectivity index (χ4n) is 1.45. The lowest BCUT2D eigenvalue weighted by atomic mass is 10.1. The van der Waals surface area contributed by atoms with Crippen LogP contribution < -0.4 is 0 Å². The maximum Gasteiger partial charge on any atom is 0.151 e. The molecule has 1 aliphatic rings. The lowest BCUT2D eigenvalue weighted by Crippen LogP contribution is -2.12. The highest BCUT2D eigenvalue weighted by Gasteiger charge is 2.15. The summed E-state index contributed by atoms with van der Waals surface area (Å²) >= 11 is 0. The molecule has 0 bridgehead atoms. The van der Waals surface area contributed by atoms with Crippen molar-refractivity contribution in [1.29, 1.82) is 0 Å². The smallest absolute Gasteiger partial charge is 0.151 e. The molecular weight excluding hydrogens is 128 g/mol. The molecule has 1 atom stereocenters. The lowest BCUT2D eigenvalue weighted by Gasteiger charge is -2.10. The molecule has 2 nitrogen and oxygen atoms in total. The molecule has 2 heteroatoms. The van der Waals surface area contributed by atoms with Crippen LogP contribution in [-0.4, -0.2) is 18.0 Å². The normalized spacial score (nSPS) is 23.4. The van der Waals surface area contributed by atoms with Crippen LogP contribution in [0.3, 0.4) is 0 Å². The van der Waals surface area contributed by atoms with Gasteiger partial charge in [-0.2, -0.15) is 0 Å². The summed E-state index contributed by atoms with van der Waals surface area (Å²) in [6.07, 6.45) is 4.67. The van der Waals surface area contributed by atoms with E-state index in [-0.39, 0.29) is 0 Å². The van der Waals surface area contributed by atoms with Gasteiger partial charge in [-0.25, -0.2) is 0 Å². The van der Waals surface area contributed by atoms with Crippen LogP contribution in [0.15, 0.2) is 0 Å². The molecule has 0 radical (unpaired) electrons. The van der Waals surface area contributed by atoms with Gasteiger partial charge < -0.3 is 9.84 Å². The van der Waals surface area contributed by atoms with E-state index in [9.17, 15) is 0 Å². The third-order valence-electron chi connectivity index (χ3n) is 2.05. The largest absolute Gasteiger partial charge is 0.368 e. The molecule has 0 aliphatic heterocycles. The Bertz CT molecular complexity index is 85.3. The molecule has 1 aliphatic carbocycles. The first-order chi connectivity index (χ1) is 4.79. The Kier molecular flexibility index (Phi) is 3.16. The third-order valence-corrected chi connectivity index (χ3v) is 2.05. The SMILES string of the molecule is CC(O)OCC1CCCC1. The number of hydrogen-bond donors (Lipinski definition) is 1. The predicted molar refractivity (Wildman–Crippen MR) is 39.6 cm³/mol. The molecule has 1 fully saturated rings. The summed E-state index contributed by atoms with van der Waals surface area (Å²) in [5.74, 6) is 0.717. The minimum Gasteiger partial charge on any atom is -0.368 e. The molecule has 0 aromatic heterocycles. The molecule has 0 aromatic carbocycles. The summed E-state index contributed by atoms with van der Waals surface area (Å²) < 4.78 is 5.08. The molecule has 1 rings (SSSR count). The highest BCUT2D eigenvalue weighted by Crippen LogP contribution is 2.24. The summed E-state index contributed by atoms with van der Waals surface area (Å²) in [5, 5.41) is 8.79. The minimum atomic E-state index is -0.583. The quantitative estimate of drug-likeness (QED) is 0.609. The van der Waals surface area contributed by atoms with Crippen molar-refractivity contribution in [3.8, 4) is 0 Å². The Balaban J connectivity index is 2.01. The highest BCUT2D eigenvalue weighted by atomic mass is 16.6. The molecule has 60 valence electrons. The topological polar surface area (TPSA) is 29.5 Å². The van der Waals surface area contributed by atoms with E-state index in [4.69, 9.17) is 9.84 Å². The van der Waals surface area contributed by atoms with Crippen LogP contribution in [0.25, 0.3) is 0 Å². The molecule has 1 N–H and O–H groups in total. The first-order valence-corrected chi connectivity index (χ1v) is 4.08. The van der Waals surface area contributed by atoms with E-state index in [0.29, 0.717) is 0 Å². The fourth-order valence-corrected chi connectivity index (χ4v) is 1.45. The molecule has 10 heavy (non-hydrogen) atoms. The Morgan fingerprint density at radius 3 is 2.60 bits per heavy atom. The molecular formula is C8H16O2. The van der Waals surface area contributed by atoms with Gasteiger partial charge in [0.05, 0.1) is 6.61 Å². The van der Waals surface area contributed by atoms with Crippen LogP contribution in [0.5, 0.6) is 0 Å². The zero-order valence-electron chi connectivity index (χ0n) is 6.55. The van der Waals surface area contributed by atoms with Gasteiger partial charge in [0.2, 0.25) is 0 Å². The van der Waals surface area contributed by atoms with Crippen LogP contribution in [-0.2, 0) is 4.74 Å². The van der Waals surface area contributed by atoms with Gasteiger partial charge in [-0.1, -0.05) is 12.8 Å². The van der Waals surface area contributed by atoms with Gasteiger partial charge in [-0.15, -0.1) is 0 Å². The van der Waals surface area contributed by atoms with Crippen LogP contribution in [0.4, 0.5) is 0 Å². The van der Waals surface area contributed by atoms with E-state index in [1.165, 1.54) is 25.7 Å². The van der Waals surface area contributed by atoms with Crippen molar-refractivity contribution >= 4 is 0 Å². The maximum atomic E-state index is 8.79. The number of hydrogen-bond acceptors (Lipinski definition) is 2. The first kappa shape index (κ1) is 8.02. The van der Waals surface area contributed by atoms with Crippen molar-refractivity contribution in [3.63, 3.8) is 0 Å². The molecule has 0 heterocycles. The van der Waals surface area contributed by atoms with E-state index in [1.807, 2.05) is 0 Å². The van der Waals surface area contributed by atoms with Gasteiger partial charge in [0.25, 0.3) is 0 Å². The lowest BCUT2D eigenvalue weighted by molar-refractivity contribution is -0.0955. The second-order valence-electron chi connectivity index (χ2n) is 3.08. The summed E-state index contributed by atoms with van der Waals surface area (Å²) in [6.45, 7) is 2.41. The zero-order valence-corrected chi connectivity index (χ0v) is 6.55. The molecule has 1 saturated carbocycles.